The summed E-state index contributed by atoms with van der Waals surface area (Å²) in [6, 6.07) is 0. The number of esters is 2. The monoisotopic (exact) mass is 306 g/mol. The van der Waals surface area contributed by atoms with Crippen LogP contribution in [0.1, 0.15) is 34.6 Å². The van der Waals surface area contributed by atoms with Gasteiger partial charge in [-0.25, -0.2) is 4.79 Å². The van der Waals surface area contributed by atoms with Crippen molar-refractivity contribution in [2.45, 2.75) is 40.7 Å². The average Bonchev–Trinajstić information content (AvgIpc) is 2.41. The third-order valence-corrected chi connectivity index (χ3v) is 3.63. The number of aldehydes is 1. The number of rotatable bonds is 5. The van der Waals surface area contributed by atoms with E-state index in [1.807, 2.05) is 26.8 Å². The quantitative estimate of drug-likeness (QED) is 0.338. The van der Waals surface area contributed by atoms with Crippen LogP contribution in [-0.2, 0) is 23.9 Å². The molecule has 0 aliphatic heterocycles. The first-order valence-corrected chi connectivity index (χ1v) is 7.04. The van der Waals surface area contributed by atoms with Gasteiger partial charge < -0.3 is 9.47 Å². The Balaban J connectivity index is 2.78. The highest BCUT2D eigenvalue weighted by Crippen LogP contribution is 2.35. The minimum atomic E-state index is -0.684. The van der Waals surface area contributed by atoms with Crippen LogP contribution < -0.4 is 0 Å². The van der Waals surface area contributed by atoms with Gasteiger partial charge in [-0.15, -0.1) is 0 Å². The number of hydrogen-bond donors (Lipinski definition) is 0. The van der Waals surface area contributed by atoms with Crippen molar-refractivity contribution in [3.8, 4) is 0 Å². The fourth-order valence-electron chi connectivity index (χ4n) is 2.02. The first-order valence-electron chi connectivity index (χ1n) is 7.04. The summed E-state index contributed by atoms with van der Waals surface area (Å²) >= 11 is 0. The van der Waals surface area contributed by atoms with E-state index >= 15 is 0 Å². The summed E-state index contributed by atoms with van der Waals surface area (Å²) in [7, 11) is 0. The SMILES string of the molecule is CC(=O)OC/C(C)=C/C(=O)O[C@@H]1C=CC(C)(C)C(C)=C1C=O. The van der Waals surface area contributed by atoms with E-state index in [9.17, 15) is 14.4 Å². The average molecular weight is 306 g/mol. The lowest BCUT2D eigenvalue weighted by Crippen LogP contribution is -2.27. The summed E-state index contributed by atoms with van der Waals surface area (Å²) < 4.78 is 10.1. The number of carbonyl (C=O) groups is 3. The Labute approximate surface area is 130 Å². The Morgan fingerprint density at radius 2 is 1.95 bits per heavy atom. The molecule has 1 aliphatic carbocycles. The Morgan fingerprint density at radius 3 is 2.50 bits per heavy atom. The van der Waals surface area contributed by atoms with E-state index in [4.69, 9.17) is 9.47 Å². The Morgan fingerprint density at radius 1 is 1.32 bits per heavy atom. The normalized spacial score (nSPS) is 20.6. The molecule has 120 valence electrons. The molecule has 0 fully saturated rings. The molecule has 0 unspecified atom stereocenters. The lowest BCUT2D eigenvalue weighted by molar-refractivity contribution is -0.141. The number of allylic oxidation sites excluding steroid dienone is 2. The molecule has 0 saturated carbocycles. The van der Waals surface area contributed by atoms with Crippen molar-refractivity contribution in [3.05, 3.63) is 34.9 Å². The van der Waals surface area contributed by atoms with Crippen molar-refractivity contribution in [1.29, 1.82) is 0 Å². The maximum Gasteiger partial charge on any atom is 0.331 e. The highest BCUT2D eigenvalue weighted by Gasteiger charge is 2.29. The summed E-state index contributed by atoms with van der Waals surface area (Å²) in [4.78, 5) is 33.9. The lowest BCUT2D eigenvalue weighted by Gasteiger charge is -2.30. The number of hydrogen-bond acceptors (Lipinski definition) is 5. The van der Waals surface area contributed by atoms with Crippen LogP contribution in [0.3, 0.4) is 0 Å². The van der Waals surface area contributed by atoms with Gasteiger partial charge in [0.25, 0.3) is 0 Å². The van der Waals surface area contributed by atoms with Gasteiger partial charge in [-0.2, -0.15) is 0 Å². The van der Waals surface area contributed by atoms with E-state index in [0.717, 1.165) is 11.9 Å². The zero-order valence-corrected chi connectivity index (χ0v) is 13.6. The molecule has 5 nitrogen and oxygen atoms in total. The third kappa shape index (κ3) is 4.69. The fraction of sp³-hybridized carbons (Fsp3) is 0.471. The first kappa shape index (κ1) is 17.9. The molecule has 5 heteroatoms. The second-order valence-electron chi connectivity index (χ2n) is 5.91. The van der Waals surface area contributed by atoms with Crippen LogP contribution in [-0.4, -0.2) is 30.9 Å². The Hall–Kier alpha value is -2.17. The van der Waals surface area contributed by atoms with Crippen LogP contribution in [0.2, 0.25) is 0 Å². The van der Waals surface area contributed by atoms with Gasteiger partial charge in [0.1, 0.15) is 19.0 Å². The molecule has 0 amide bonds. The maximum atomic E-state index is 11.9. The van der Waals surface area contributed by atoms with Crippen LogP contribution >= 0.6 is 0 Å². The third-order valence-electron chi connectivity index (χ3n) is 3.63. The highest BCUT2D eigenvalue weighted by atomic mass is 16.5. The number of ether oxygens (including phenoxy) is 2. The van der Waals surface area contributed by atoms with Crippen molar-refractivity contribution in [2.24, 2.45) is 5.41 Å². The van der Waals surface area contributed by atoms with Gasteiger partial charge in [0, 0.05) is 24.0 Å². The molecule has 1 rings (SSSR count). The second-order valence-corrected chi connectivity index (χ2v) is 5.91. The van der Waals surface area contributed by atoms with E-state index in [0.29, 0.717) is 11.1 Å². The largest absolute Gasteiger partial charge is 0.461 e. The van der Waals surface area contributed by atoms with Crippen molar-refractivity contribution in [3.63, 3.8) is 0 Å². The molecule has 1 aliphatic rings. The van der Waals surface area contributed by atoms with Crippen molar-refractivity contribution in [1.82, 2.24) is 0 Å². The highest BCUT2D eigenvalue weighted by molar-refractivity contribution is 5.85. The topological polar surface area (TPSA) is 69.7 Å². The van der Waals surface area contributed by atoms with E-state index in [2.05, 4.69) is 0 Å². The van der Waals surface area contributed by atoms with Crippen LogP contribution in [0.4, 0.5) is 0 Å². The van der Waals surface area contributed by atoms with Crippen molar-refractivity contribution >= 4 is 18.2 Å². The molecule has 0 heterocycles. The summed E-state index contributed by atoms with van der Waals surface area (Å²) in [6.45, 7) is 8.83. The lowest BCUT2D eigenvalue weighted by atomic mass is 9.77. The van der Waals surface area contributed by atoms with Crippen molar-refractivity contribution < 1.29 is 23.9 Å². The van der Waals surface area contributed by atoms with Gasteiger partial charge in [-0.3, -0.25) is 9.59 Å². The van der Waals surface area contributed by atoms with Gasteiger partial charge in [0.05, 0.1) is 0 Å². The molecular formula is C17H22O5. The van der Waals surface area contributed by atoms with Crippen LogP contribution in [0.25, 0.3) is 0 Å². The molecule has 0 radical (unpaired) electrons. The van der Waals surface area contributed by atoms with E-state index in [1.54, 1.807) is 13.0 Å². The van der Waals surface area contributed by atoms with Gasteiger partial charge in [-0.05, 0) is 25.5 Å². The van der Waals surface area contributed by atoms with Gasteiger partial charge in [-0.1, -0.05) is 25.5 Å². The molecule has 0 saturated heterocycles. The van der Waals surface area contributed by atoms with Crippen LogP contribution in [0.5, 0.6) is 0 Å². The predicted octanol–water partition coefficient (Wildman–Crippen LogP) is 2.52. The minimum absolute atomic E-state index is 0.0351. The summed E-state index contributed by atoms with van der Waals surface area (Å²) in [5.74, 6) is -0.994. The Kier molecular flexibility index (Phi) is 5.85. The van der Waals surface area contributed by atoms with Crippen LogP contribution in [0, 0.1) is 5.41 Å². The van der Waals surface area contributed by atoms with Crippen LogP contribution in [0.15, 0.2) is 34.9 Å². The van der Waals surface area contributed by atoms with Gasteiger partial charge in [0.2, 0.25) is 0 Å². The standard InChI is InChI=1S/C17H22O5/c1-11(10-21-13(3)19)8-16(20)22-15-6-7-17(4,5)12(2)14(15)9-18/h6-9,15H,10H2,1-5H3/b11-8+/t15-/m1/s1. The summed E-state index contributed by atoms with van der Waals surface area (Å²) in [6.07, 6.45) is 4.94. The zero-order valence-electron chi connectivity index (χ0n) is 13.6. The molecule has 22 heavy (non-hydrogen) atoms. The summed E-state index contributed by atoms with van der Waals surface area (Å²) in [5, 5.41) is 0. The smallest absolute Gasteiger partial charge is 0.331 e. The second kappa shape index (κ2) is 7.20. The molecule has 0 aromatic rings. The first-order chi connectivity index (χ1) is 10.2. The minimum Gasteiger partial charge on any atom is -0.461 e. The molecule has 0 aromatic heterocycles. The molecule has 0 aromatic carbocycles. The predicted molar refractivity (Wildman–Crippen MR) is 82.0 cm³/mol. The molecule has 0 spiro atoms. The molecule has 0 bridgehead atoms. The maximum absolute atomic E-state index is 11.9. The zero-order chi connectivity index (χ0) is 16.9. The fourth-order valence-corrected chi connectivity index (χ4v) is 2.02. The molecule has 1 atom stereocenters. The number of carbonyl (C=O) groups excluding carboxylic acids is 3. The van der Waals surface area contributed by atoms with Gasteiger partial charge in [0.15, 0.2) is 0 Å². The van der Waals surface area contributed by atoms with Gasteiger partial charge >= 0.3 is 11.9 Å². The Bertz CT molecular complexity index is 564. The van der Waals surface area contributed by atoms with E-state index < -0.39 is 18.0 Å². The summed E-state index contributed by atoms with van der Waals surface area (Å²) in [5.41, 5.74) is 1.67. The molecule has 0 N–H and O–H groups in total. The molecular weight excluding hydrogens is 284 g/mol. The van der Waals surface area contributed by atoms with E-state index in [-0.39, 0.29) is 12.0 Å². The van der Waals surface area contributed by atoms with E-state index in [1.165, 1.54) is 13.0 Å². The van der Waals surface area contributed by atoms with Crippen molar-refractivity contribution in [2.75, 3.05) is 6.61 Å².